The Balaban J connectivity index is 2.63. The van der Waals surface area contributed by atoms with E-state index in [-0.39, 0.29) is 0 Å². The third-order valence-corrected chi connectivity index (χ3v) is 2.74. The van der Waals surface area contributed by atoms with Crippen LogP contribution in [0, 0.1) is 19.3 Å². The molecule has 15 heavy (non-hydrogen) atoms. The number of rotatable bonds is 5. The summed E-state index contributed by atoms with van der Waals surface area (Å²) in [5.41, 5.74) is 2.59. The highest BCUT2D eigenvalue weighted by Crippen LogP contribution is 2.22. The van der Waals surface area contributed by atoms with Crippen LogP contribution in [0.3, 0.4) is 0 Å². The van der Waals surface area contributed by atoms with E-state index in [0.29, 0.717) is 5.92 Å². The molecule has 0 fully saturated rings. The average Bonchev–Trinajstić information content (AvgIpc) is 2.24. The minimum absolute atomic E-state index is 0.302. The predicted molar refractivity (Wildman–Crippen MR) is 66.9 cm³/mol. The molecule has 1 aromatic carbocycles. The molecule has 0 radical (unpaired) electrons. The van der Waals surface area contributed by atoms with Gasteiger partial charge in [-0.05, 0) is 18.9 Å². The first-order chi connectivity index (χ1) is 7.27. The van der Waals surface area contributed by atoms with E-state index in [1.54, 1.807) is 0 Å². The maximum atomic E-state index is 5.59. The standard InChI is InChI=1S/C15H20/c1-4-6-7-10-14(5-2)15-11-8-9-13(3)12-15/h2,8-9,11-12,14H,4,6-7,10H2,1,3H3. The molecule has 80 valence electrons. The summed E-state index contributed by atoms with van der Waals surface area (Å²) in [5, 5.41) is 0. The molecule has 0 nitrogen and oxygen atoms in total. The average molecular weight is 200 g/mol. The molecule has 0 heteroatoms. The van der Waals surface area contributed by atoms with E-state index in [1.165, 1.54) is 30.4 Å². The molecular weight excluding hydrogens is 180 g/mol. The quantitative estimate of drug-likeness (QED) is 0.491. The number of unbranched alkanes of at least 4 members (excludes halogenated alkanes) is 2. The van der Waals surface area contributed by atoms with Gasteiger partial charge < -0.3 is 0 Å². The largest absolute Gasteiger partial charge is 0.119 e. The molecule has 0 saturated carbocycles. The van der Waals surface area contributed by atoms with Crippen LogP contribution >= 0.6 is 0 Å². The van der Waals surface area contributed by atoms with Crippen LogP contribution in [-0.2, 0) is 0 Å². The van der Waals surface area contributed by atoms with Gasteiger partial charge in [0.2, 0.25) is 0 Å². The maximum absolute atomic E-state index is 5.59. The molecule has 1 rings (SSSR count). The first kappa shape index (κ1) is 11.9. The zero-order chi connectivity index (χ0) is 11.1. The Morgan fingerprint density at radius 2 is 2.13 bits per heavy atom. The minimum Gasteiger partial charge on any atom is -0.119 e. The van der Waals surface area contributed by atoms with E-state index < -0.39 is 0 Å². The van der Waals surface area contributed by atoms with Crippen molar-refractivity contribution < 1.29 is 0 Å². The van der Waals surface area contributed by atoms with Gasteiger partial charge in [0, 0.05) is 5.92 Å². The molecular formula is C15H20. The van der Waals surface area contributed by atoms with Gasteiger partial charge in [0.05, 0.1) is 0 Å². The highest BCUT2D eigenvalue weighted by molar-refractivity contribution is 5.30. The molecule has 0 aromatic heterocycles. The Morgan fingerprint density at radius 3 is 2.73 bits per heavy atom. The predicted octanol–water partition coefficient (Wildman–Crippen LogP) is 4.29. The smallest absolute Gasteiger partial charge is 0.0449 e. The van der Waals surface area contributed by atoms with Crippen molar-refractivity contribution in [1.29, 1.82) is 0 Å². The highest BCUT2D eigenvalue weighted by Gasteiger charge is 2.07. The molecule has 0 heterocycles. The second-order valence-electron chi connectivity index (χ2n) is 4.13. The summed E-state index contributed by atoms with van der Waals surface area (Å²) in [6, 6.07) is 8.55. The van der Waals surface area contributed by atoms with Gasteiger partial charge in [-0.1, -0.05) is 61.9 Å². The molecule has 0 spiro atoms. The molecule has 0 amide bonds. The summed E-state index contributed by atoms with van der Waals surface area (Å²) in [6.07, 6.45) is 10.5. The van der Waals surface area contributed by atoms with E-state index in [2.05, 4.69) is 44.0 Å². The third-order valence-electron chi connectivity index (χ3n) is 2.74. The van der Waals surface area contributed by atoms with Gasteiger partial charge in [-0.25, -0.2) is 0 Å². The van der Waals surface area contributed by atoms with E-state index in [1.807, 2.05) is 0 Å². The van der Waals surface area contributed by atoms with Crippen LogP contribution in [0.25, 0.3) is 0 Å². The summed E-state index contributed by atoms with van der Waals surface area (Å²) in [5.74, 6) is 3.21. The van der Waals surface area contributed by atoms with Crippen molar-refractivity contribution in [1.82, 2.24) is 0 Å². The molecule has 1 aromatic rings. The van der Waals surface area contributed by atoms with Crippen LogP contribution in [0.4, 0.5) is 0 Å². The SMILES string of the molecule is C#CC(CCCCC)c1cccc(C)c1. The molecule has 0 saturated heterocycles. The van der Waals surface area contributed by atoms with Gasteiger partial charge in [-0.15, -0.1) is 6.42 Å². The van der Waals surface area contributed by atoms with Crippen LogP contribution in [0.2, 0.25) is 0 Å². The van der Waals surface area contributed by atoms with Crippen molar-refractivity contribution >= 4 is 0 Å². The van der Waals surface area contributed by atoms with Crippen molar-refractivity contribution in [3.63, 3.8) is 0 Å². The molecule has 0 aliphatic carbocycles. The van der Waals surface area contributed by atoms with Crippen LogP contribution in [0.15, 0.2) is 24.3 Å². The van der Waals surface area contributed by atoms with Gasteiger partial charge >= 0.3 is 0 Å². The van der Waals surface area contributed by atoms with Crippen LogP contribution in [0.5, 0.6) is 0 Å². The molecule has 0 bridgehead atoms. The van der Waals surface area contributed by atoms with Gasteiger partial charge in [-0.3, -0.25) is 0 Å². The summed E-state index contributed by atoms with van der Waals surface area (Å²) < 4.78 is 0. The highest BCUT2D eigenvalue weighted by atomic mass is 14.1. The lowest BCUT2D eigenvalue weighted by atomic mass is 9.93. The Labute approximate surface area is 93.7 Å². The van der Waals surface area contributed by atoms with Crippen molar-refractivity contribution in [2.75, 3.05) is 0 Å². The van der Waals surface area contributed by atoms with Crippen molar-refractivity contribution in [2.45, 2.75) is 45.4 Å². The Bertz CT molecular complexity index is 330. The maximum Gasteiger partial charge on any atom is 0.0449 e. The second-order valence-corrected chi connectivity index (χ2v) is 4.13. The molecule has 1 atom stereocenters. The molecule has 1 unspecified atom stereocenters. The minimum atomic E-state index is 0.302. The lowest BCUT2D eigenvalue weighted by Crippen LogP contribution is -1.96. The van der Waals surface area contributed by atoms with Gasteiger partial charge in [0.15, 0.2) is 0 Å². The topological polar surface area (TPSA) is 0 Å². The van der Waals surface area contributed by atoms with Crippen LogP contribution in [-0.4, -0.2) is 0 Å². The summed E-state index contributed by atoms with van der Waals surface area (Å²) in [6.45, 7) is 4.33. The van der Waals surface area contributed by atoms with Crippen molar-refractivity contribution in [3.05, 3.63) is 35.4 Å². The number of hydrogen-bond acceptors (Lipinski definition) is 0. The van der Waals surface area contributed by atoms with Crippen LogP contribution in [0.1, 0.15) is 49.7 Å². The van der Waals surface area contributed by atoms with Gasteiger partial charge in [0.25, 0.3) is 0 Å². The van der Waals surface area contributed by atoms with E-state index in [0.717, 1.165) is 6.42 Å². The second kappa shape index (κ2) is 6.30. The van der Waals surface area contributed by atoms with Crippen molar-refractivity contribution in [2.24, 2.45) is 0 Å². The Morgan fingerprint density at radius 1 is 1.33 bits per heavy atom. The number of hydrogen-bond donors (Lipinski definition) is 0. The zero-order valence-electron chi connectivity index (χ0n) is 9.79. The van der Waals surface area contributed by atoms with Crippen LogP contribution < -0.4 is 0 Å². The first-order valence-electron chi connectivity index (χ1n) is 5.80. The van der Waals surface area contributed by atoms with E-state index >= 15 is 0 Å². The molecule has 0 aliphatic rings. The lowest BCUT2D eigenvalue weighted by Gasteiger charge is -2.11. The lowest BCUT2D eigenvalue weighted by molar-refractivity contribution is 0.637. The monoisotopic (exact) mass is 200 g/mol. The fourth-order valence-electron chi connectivity index (χ4n) is 1.83. The summed E-state index contributed by atoms with van der Waals surface area (Å²) in [7, 11) is 0. The number of benzene rings is 1. The Hall–Kier alpha value is -1.22. The summed E-state index contributed by atoms with van der Waals surface area (Å²) >= 11 is 0. The first-order valence-corrected chi connectivity index (χ1v) is 5.80. The van der Waals surface area contributed by atoms with E-state index in [4.69, 9.17) is 6.42 Å². The number of aryl methyl sites for hydroxylation is 1. The summed E-state index contributed by atoms with van der Waals surface area (Å²) in [4.78, 5) is 0. The zero-order valence-corrected chi connectivity index (χ0v) is 9.79. The fraction of sp³-hybridized carbons (Fsp3) is 0.467. The number of terminal acetylenes is 1. The van der Waals surface area contributed by atoms with Crippen molar-refractivity contribution in [3.8, 4) is 12.3 Å². The Kier molecular flexibility index (Phi) is 4.98. The fourth-order valence-corrected chi connectivity index (χ4v) is 1.83. The molecule has 0 aliphatic heterocycles. The van der Waals surface area contributed by atoms with Gasteiger partial charge in [0.1, 0.15) is 0 Å². The van der Waals surface area contributed by atoms with Gasteiger partial charge in [-0.2, -0.15) is 0 Å². The normalized spacial score (nSPS) is 12.1. The third kappa shape index (κ3) is 3.80. The van der Waals surface area contributed by atoms with E-state index in [9.17, 15) is 0 Å². The molecule has 0 N–H and O–H groups in total.